The predicted molar refractivity (Wildman–Crippen MR) is 114 cm³/mol. The van der Waals surface area contributed by atoms with Crippen molar-refractivity contribution in [3.05, 3.63) is 65.4 Å². The number of ether oxygens (including phenoxy) is 1. The first kappa shape index (κ1) is 18.3. The molecular weight excluding hydrogens is 362 g/mol. The molecule has 0 saturated carbocycles. The Kier molecular flexibility index (Phi) is 4.98. The van der Waals surface area contributed by atoms with E-state index in [-0.39, 0.29) is 5.91 Å². The van der Waals surface area contributed by atoms with Crippen LogP contribution in [0.3, 0.4) is 0 Å². The van der Waals surface area contributed by atoms with Crippen molar-refractivity contribution in [2.45, 2.75) is 25.8 Å². The Morgan fingerprint density at radius 1 is 1.21 bits per heavy atom. The zero-order valence-corrected chi connectivity index (χ0v) is 16.6. The van der Waals surface area contributed by atoms with Crippen molar-refractivity contribution in [3.63, 3.8) is 0 Å². The van der Waals surface area contributed by atoms with Crippen LogP contribution >= 0.6 is 0 Å². The van der Waals surface area contributed by atoms with Crippen molar-refractivity contribution in [1.29, 1.82) is 0 Å². The summed E-state index contributed by atoms with van der Waals surface area (Å²) in [4.78, 5) is 18.3. The molecule has 2 aliphatic rings. The number of piperidine rings is 1. The first-order valence-corrected chi connectivity index (χ1v) is 10.6. The first-order valence-electron chi connectivity index (χ1n) is 10.6. The molecule has 0 bridgehead atoms. The van der Waals surface area contributed by atoms with E-state index < -0.39 is 0 Å². The highest BCUT2D eigenvalue weighted by Gasteiger charge is 2.22. The maximum absolute atomic E-state index is 12.6. The molecule has 0 radical (unpaired) electrons. The van der Waals surface area contributed by atoms with Gasteiger partial charge < -0.3 is 15.0 Å². The topological polar surface area (TPSA) is 57.4 Å². The Hall–Kier alpha value is -2.79. The monoisotopic (exact) mass is 389 g/mol. The van der Waals surface area contributed by atoms with Gasteiger partial charge >= 0.3 is 0 Å². The molecule has 1 atom stereocenters. The Balaban J connectivity index is 1.16. The minimum absolute atomic E-state index is 0.0167. The molecule has 5 rings (SSSR count). The molecule has 0 unspecified atom stereocenters. The number of H-pyrrole nitrogens is 1. The van der Waals surface area contributed by atoms with Crippen molar-refractivity contribution in [1.82, 2.24) is 15.2 Å². The molecule has 3 aromatic rings. The van der Waals surface area contributed by atoms with Gasteiger partial charge in [-0.25, -0.2) is 0 Å². The second kappa shape index (κ2) is 7.91. The number of aromatic amines is 1. The van der Waals surface area contributed by atoms with Gasteiger partial charge in [-0.3, -0.25) is 9.69 Å². The number of benzene rings is 2. The molecule has 1 fully saturated rings. The molecule has 2 aliphatic heterocycles. The number of likely N-dealkylation sites (tertiary alicyclic amines) is 1. The fourth-order valence-electron chi connectivity index (χ4n) is 4.59. The van der Waals surface area contributed by atoms with E-state index in [1.54, 1.807) is 0 Å². The summed E-state index contributed by atoms with van der Waals surface area (Å²) in [6, 6.07) is 16.5. The van der Waals surface area contributed by atoms with Crippen molar-refractivity contribution in [3.8, 4) is 5.75 Å². The molecule has 29 heavy (non-hydrogen) atoms. The van der Waals surface area contributed by atoms with E-state index in [0.29, 0.717) is 11.6 Å². The van der Waals surface area contributed by atoms with Crippen molar-refractivity contribution < 1.29 is 9.53 Å². The zero-order valence-electron chi connectivity index (χ0n) is 16.6. The fraction of sp³-hybridized carbons (Fsp3) is 0.375. The molecule has 1 amide bonds. The summed E-state index contributed by atoms with van der Waals surface area (Å²) in [5, 5.41) is 4.21. The van der Waals surface area contributed by atoms with Crippen LogP contribution in [0.4, 0.5) is 0 Å². The highest BCUT2D eigenvalue weighted by Crippen LogP contribution is 2.27. The number of carbonyl (C=O) groups excluding carboxylic acids is 1. The summed E-state index contributed by atoms with van der Waals surface area (Å²) in [6.07, 6.45) is 3.37. The van der Waals surface area contributed by atoms with Crippen LogP contribution in [0.1, 0.15) is 34.5 Å². The van der Waals surface area contributed by atoms with Crippen LogP contribution in [0, 0.1) is 5.92 Å². The normalized spacial score (nSPS) is 19.1. The van der Waals surface area contributed by atoms with Crippen LogP contribution in [0.25, 0.3) is 10.9 Å². The predicted octanol–water partition coefficient (Wildman–Crippen LogP) is 3.74. The third-order valence-corrected chi connectivity index (χ3v) is 6.09. The van der Waals surface area contributed by atoms with Gasteiger partial charge in [-0.2, -0.15) is 0 Å². The SMILES string of the molecule is O=C(NC[C@H]1CCCN(Cc2ccc3c(c2)CCO3)C1)c1cc2ccccc2[nH]1. The number of hydrogen-bond donors (Lipinski definition) is 2. The first-order chi connectivity index (χ1) is 14.2. The molecule has 150 valence electrons. The van der Waals surface area contributed by atoms with E-state index in [1.165, 1.54) is 24.0 Å². The maximum atomic E-state index is 12.6. The van der Waals surface area contributed by atoms with Crippen LogP contribution in [-0.4, -0.2) is 42.0 Å². The third-order valence-electron chi connectivity index (χ3n) is 6.09. The maximum Gasteiger partial charge on any atom is 0.267 e. The van der Waals surface area contributed by atoms with Gasteiger partial charge in [0.2, 0.25) is 0 Å². The number of rotatable bonds is 5. The Bertz CT molecular complexity index is 993. The molecule has 1 aromatic heterocycles. The molecule has 0 spiro atoms. The number of nitrogens with zero attached hydrogens (tertiary/aromatic N) is 1. The summed E-state index contributed by atoms with van der Waals surface area (Å²) >= 11 is 0. The van der Waals surface area contributed by atoms with E-state index in [1.807, 2.05) is 30.3 Å². The average molecular weight is 389 g/mol. The smallest absolute Gasteiger partial charge is 0.267 e. The fourth-order valence-corrected chi connectivity index (χ4v) is 4.59. The minimum Gasteiger partial charge on any atom is -0.493 e. The lowest BCUT2D eigenvalue weighted by atomic mass is 9.97. The number of para-hydroxylation sites is 1. The minimum atomic E-state index is -0.0167. The van der Waals surface area contributed by atoms with Crippen molar-refractivity contribution in [2.75, 3.05) is 26.2 Å². The lowest BCUT2D eigenvalue weighted by Gasteiger charge is -2.33. The Morgan fingerprint density at radius 3 is 3.07 bits per heavy atom. The summed E-state index contributed by atoms with van der Waals surface area (Å²) in [5.74, 6) is 1.52. The average Bonchev–Trinajstić information content (AvgIpc) is 3.38. The van der Waals surface area contributed by atoms with Gasteiger partial charge in [0, 0.05) is 37.0 Å². The van der Waals surface area contributed by atoms with E-state index >= 15 is 0 Å². The van der Waals surface area contributed by atoms with Crippen LogP contribution < -0.4 is 10.1 Å². The van der Waals surface area contributed by atoms with Gasteiger partial charge in [0.25, 0.3) is 5.91 Å². The molecular formula is C24H27N3O2. The standard InChI is InChI=1S/C24H27N3O2/c28-24(22-13-19-5-1-2-6-21(19)26-22)25-14-18-4-3-10-27(16-18)15-17-7-8-23-20(12-17)9-11-29-23/h1-2,5-8,12-13,18,26H,3-4,9-11,14-16H2,(H,25,28)/t18-/m1/s1. The second-order valence-corrected chi connectivity index (χ2v) is 8.26. The van der Waals surface area contributed by atoms with Crippen LogP contribution in [-0.2, 0) is 13.0 Å². The summed E-state index contributed by atoms with van der Waals surface area (Å²) in [5.41, 5.74) is 4.33. The zero-order chi connectivity index (χ0) is 19.6. The molecule has 5 nitrogen and oxygen atoms in total. The lowest BCUT2D eigenvalue weighted by Crippen LogP contribution is -2.40. The number of carbonyl (C=O) groups is 1. The van der Waals surface area contributed by atoms with Gasteiger partial charge in [-0.15, -0.1) is 0 Å². The number of fused-ring (bicyclic) bond motifs is 2. The number of hydrogen-bond acceptors (Lipinski definition) is 3. The summed E-state index contributed by atoms with van der Waals surface area (Å²) < 4.78 is 5.61. The van der Waals surface area contributed by atoms with Gasteiger partial charge in [-0.1, -0.05) is 30.3 Å². The molecule has 0 aliphatic carbocycles. The van der Waals surface area contributed by atoms with Gasteiger partial charge in [0.15, 0.2) is 0 Å². The van der Waals surface area contributed by atoms with Crippen LogP contribution in [0.5, 0.6) is 5.75 Å². The van der Waals surface area contributed by atoms with Crippen LogP contribution in [0.2, 0.25) is 0 Å². The van der Waals surface area contributed by atoms with Crippen LogP contribution in [0.15, 0.2) is 48.5 Å². The van der Waals surface area contributed by atoms with E-state index in [0.717, 1.165) is 55.9 Å². The molecule has 5 heteroatoms. The Morgan fingerprint density at radius 2 is 2.14 bits per heavy atom. The highest BCUT2D eigenvalue weighted by atomic mass is 16.5. The molecule has 2 aromatic carbocycles. The lowest BCUT2D eigenvalue weighted by molar-refractivity contribution is 0.0926. The number of nitrogens with one attached hydrogen (secondary N) is 2. The summed E-state index contributed by atoms with van der Waals surface area (Å²) in [7, 11) is 0. The van der Waals surface area contributed by atoms with E-state index in [9.17, 15) is 4.79 Å². The van der Waals surface area contributed by atoms with E-state index in [2.05, 4.69) is 33.4 Å². The molecule has 3 heterocycles. The summed E-state index contributed by atoms with van der Waals surface area (Å²) in [6.45, 7) is 4.66. The van der Waals surface area contributed by atoms with Crippen molar-refractivity contribution in [2.24, 2.45) is 5.92 Å². The van der Waals surface area contributed by atoms with Gasteiger partial charge in [0.1, 0.15) is 11.4 Å². The number of aromatic nitrogens is 1. The molecule has 2 N–H and O–H groups in total. The third kappa shape index (κ3) is 4.01. The van der Waals surface area contributed by atoms with Gasteiger partial charge in [0.05, 0.1) is 6.61 Å². The van der Waals surface area contributed by atoms with Gasteiger partial charge in [-0.05, 0) is 54.6 Å². The Labute approximate surface area is 171 Å². The quantitative estimate of drug-likeness (QED) is 0.699. The number of amides is 1. The largest absolute Gasteiger partial charge is 0.493 e. The second-order valence-electron chi connectivity index (χ2n) is 8.26. The van der Waals surface area contributed by atoms with E-state index in [4.69, 9.17) is 4.74 Å². The molecule has 1 saturated heterocycles. The van der Waals surface area contributed by atoms with Crippen molar-refractivity contribution >= 4 is 16.8 Å². The highest BCUT2D eigenvalue weighted by molar-refractivity contribution is 5.97.